The summed E-state index contributed by atoms with van der Waals surface area (Å²) in [5.41, 5.74) is 5.52. The monoisotopic (exact) mass is 295 g/mol. The summed E-state index contributed by atoms with van der Waals surface area (Å²) in [7, 11) is 1.75. The minimum Gasteiger partial charge on any atom is -0.341 e. The molecule has 0 aromatic carbocycles. The SMILES string of the molecule is CN(CC(=O)N1CCCC1)C(=O)C1(CN)CCCCCC1. The van der Waals surface area contributed by atoms with Crippen molar-refractivity contribution in [1.82, 2.24) is 9.80 Å². The third-order valence-corrected chi connectivity index (χ3v) is 5.08. The summed E-state index contributed by atoms with van der Waals surface area (Å²) >= 11 is 0. The molecule has 120 valence electrons. The number of likely N-dealkylation sites (tertiary alicyclic amines) is 1. The highest BCUT2D eigenvalue weighted by Crippen LogP contribution is 2.35. The summed E-state index contributed by atoms with van der Waals surface area (Å²) in [4.78, 5) is 28.5. The van der Waals surface area contributed by atoms with Crippen LogP contribution in [-0.2, 0) is 9.59 Å². The molecule has 0 radical (unpaired) electrons. The lowest BCUT2D eigenvalue weighted by Crippen LogP contribution is -2.49. The molecular formula is C16H29N3O2. The second-order valence-electron chi connectivity index (χ2n) is 6.65. The molecule has 5 nitrogen and oxygen atoms in total. The van der Waals surface area contributed by atoms with Crippen molar-refractivity contribution in [2.75, 3.05) is 33.2 Å². The maximum atomic E-state index is 12.8. The molecule has 0 bridgehead atoms. The van der Waals surface area contributed by atoms with E-state index in [1.165, 1.54) is 12.8 Å². The highest BCUT2D eigenvalue weighted by Gasteiger charge is 2.39. The number of rotatable bonds is 4. The van der Waals surface area contributed by atoms with Gasteiger partial charge in [0, 0.05) is 26.7 Å². The van der Waals surface area contributed by atoms with Crippen LogP contribution in [0.1, 0.15) is 51.4 Å². The average Bonchev–Trinajstić information content (AvgIpc) is 2.92. The molecule has 0 aromatic rings. The quantitative estimate of drug-likeness (QED) is 0.797. The molecule has 1 saturated carbocycles. The molecule has 1 aliphatic heterocycles. The lowest BCUT2D eigenvalue weighted by Gasteiger charge is -2.34. The van der Waals surface area contributed by atoms with Crippen LogP contribution in [0.3, 0.4) is 0 Å². The highest BCUT2D eigenvalue weighted by molar-refractivity contribution is 5.88. The van der Waals surface area contributed by atoms with Gasteiger partial charge in [0.05, 0.1) is 12.0 Å². The number of nitrogens with two attached hydrogens (primary N) is 1. The zero-order valence-corrected chi connectivity index (χ0v) is 13.3. The Kier molecular flexibility index (Phi) is 5.62. The molecule has 1 heterocycles. The van der Waals surface area contributed by atoms with Crippen molar-refractivity contribution in [3.05, 3.63) is 0 Å². The molecule has 2 fully saturated rings. The maximum absolute atomic E-state index is 12.8. The molecule has 5 heteroatoms. The van der Waals surface area contributed by atoms with Gasteiger partial charge in [-0.3, -0.25) is 9.59 Å². The number of hydrogen-bond donors (Lipinski definition) is 1. The molecule has 1 saturated heterocycles. The fourth-order valence-electron chi connectivity index (χ4n) is 3.66. The van der Waals surface area contributed by atoms with Gasteiger partial charge in [0.25, 0.3) is 0 Å². The molecule has 21 heavy (non-hydrogen) atoms. The standard InChI is InChI=1S/C16H29N3O2/c1-18(12-14(20)19-10-6-7-11-19)15(21)16(13-17)8-4-2-3-5-9-16/h2-13,17H2,1H3. The van der Waals surface area contributed by atoms with Crippen LogP contribution in [0.15, 0.2) is 0 Å². The van der Waals surface area contributed by atoms with Gasteiger partial charge in [0.15, 0.2) is 0 Å². The van der Waals surface area contributed by atoms with Crippen LogP contribution in [0.2, 0.25) is 0 Å². The first-order valence-corrected chi connectivity index (χ1v) is 8.32. The van der Waals surface area contributed by atoms with Gasteiger partial charge in [-0.15, -0.1) is 0 Å². The molecule has 1 aliphatic carbocycles. The Morgan fingerprint density at radius 1 is 1.05 bits per heavy atom. The lowest BCUT2D eigenvalue weighted by molar-refractivity contribution is -0.146. The van der Waals surface area contributed by atoms with Crippen LogP contribution in [0.5, 0.6) is 0 Å². The Hall–Kier alpha value is -1.10. The Balaban J connectivity index is 1.97. The van der Waals surface area contributed by atoms with Crippen LogP contribution >= 0.6 is 0 Å². The first-order chi connectivity index (χ1) is 10.1. The predicted molar refractivity (Wildman–Crippen MR) is 82.6 cm³/mol. The summed E-state index contributed by atoms with van der Waals surface area (Å²) in [5, 5.41) is 0. The van der Waals surface area contributed by atoms with E-state index in [0.717, 1.165) is 51.6 Å². The van der Waals surface area contributed by atoms with Gasteiger partial charge in [0.1, 0.15) is 0 Å². The summed E-state index contributed by atoms with van der Waals surface area (Å²) in [5.74, 6) is 0.142. The normalized spacial score (nSPS) is 21.9. The van der Waals surface area contributed by atoms with Crippen molar-refractivity contribution >= 4 is 11.8 Å². The van der Waals surface area contributed by atoms with Crippen molar-refractivity contribution in [3.63, 3.8) is 0 Å². The third kappa shape index (κ3) is 3.76. The number of nitrogens with zero attached hydrogens (tertiary/aromatic N) is 2. The smallest absolute Gasteiger partial charge is 0.242 e. The first-order valence-electron chi connectivity index (χ1n) is 8.32. The highest BCUT2D eigenvalue weighted by atomic mass is 16.2. The molecule has 2 N–H and O–H groups in total. The van der Waals surface area contributed by atoms with E-state index in [4.69, 9.17) is 5.73 Å². The molecule has 2 amide bonds. The molecule has 0 atom stereocenters. The molecule has 2 rings (SSSR count). The second-order valence-corrected chi connectivity index (χ2v) is 6.65. The number of likely N-dealkylation sites (N-methyl/N-ethyl adjacent to an activating group) is 1. The minimum absolute atomic E-state index is 0.0689. The van der Waals surface area contributed by atoms with E-state index < -0.39 is 5.41 Å². The summed E-state index contributed by atoms with van der Waals surface area (Å²) in [6.45, 7) is 2.26. The van der Waals surface area contributed by atoms with E-state index in [9.17, 15) is 9.59 Å². The molecule has 0 unspecified atom stereocenters. The van der Waals surface area contributed by atoms with Gasteiger partial charge < -0.3 is 15.5 Å². The van der Waals surface area contributed by atoms with Crippen molar-refractivity contribution < 1.29 is 9.59 Å². The number of amides is 2. The Bertz CT molecular complexity index is 370. The third-order valence-electron chi connectivity index (χ3n) is 5.08. The van der Waals surface area contributed by atoms with E-state index in [0.29, 0.717) is 6.54 Å². The van der Waals surface area contributed by atoms with Crippen LogP contribution in [-0.4, -0.2) is 54.8 Å². The fraction of sp³-hybridized carbons (Fsp3) is 0.875. The lowest BCUT2D eigenvalue weighted by atomic mass is 9.79. The van der Waals surface area contributed by atoms with Crippen LogP contribution < -0.4 is 5.73 Å². The number of hydrogen-bond acceptors (Lipinski definition) is 3. The number of carbonyl (C=O) groups excluding carboxylic acids is 2. The van der Waals surface area contributed by atoms with E-state index in [2.05, 4.69) is 0 Å². The molecule has 0 spiro atoms. The molecular weight excluding hydrogens is 266 g/mol. The molecule has 2 aliphatic rings. The van der Waals surface area contributed by atoms with Crippen LogP contribution in [0.25, 0.3) is 0 Å². The van der Waals surface area contributed by atoms with Crippen molar-refractivity contribution in [1.29, 1.82) is 0 Å². The molecule has 0 aromatic heterocycles. The zero-order valence-electron chi connectivity index (χ0n) is 13.3. The van der Waals surface area contributed by atoms with Crippen LogP contribution in [0.4, 0.5) is 0 Å². The van der Waals surface area contributed by atoms with Crippen molar-refractivity contribution in [3.8, 4) is 0 Å². The second kappa shape index (κ2) is 7.25. The first kappa shape index (κ1) is 16.3. The van der Waals surface area contributed by atoms with Gasteiger partial charge >= 0.3 is 0 Å². The minimum atomic E-state index is -0.434. The van der Waals surface area contributed by atoms with Gasteiger partial charge in [0.2, 0.25) is 11.8 Å². The van der Waals surface area contributed by atoms with E-state index in [1.54, 1.807) is 11.9 Å². The van der Waals surface area contributed by atoms with Crippen LogP contribution in [0, 0.1) is 5.41 Å². The predicted octanol–water partition coefficient (Wildman–Crippen LogP) is 1.37. The van der Waals surface area contributed by atoms with E-state index >= 15 is 0 Å². The van der Waals surface area contributed by atoms with E-state index in [-0.39, 0.29) is 18.4 Å². The largest absolute Gasteiger partial charge is 0.341 e. The Morgan fingerprint density at radius 2 is 1.62 bits per heavy atom. The van der Waals surface area contributed by atoms with Gasteiger partial charge in [-0.2, -0.15) is 0 Å². The zero-order chi connectivity index (χ0) is 15.3. The van der Waals surface area contributed by atoms with Gasteiger partial charge in [-0.25, -0.2) is 0 Å². The topological polar surface area (TPSA) is 66.6 Å². The van der Waals surface area contributed by atoms with Gasteiger partial charge in [-0.05, 0) is 25.7 Å². The van der Waals surface area contributed by atoms with E-state index in [1.807, 2.05) is 4.90 Å². The average molecular weight is 295 g/mol. The number of carbonyl (C=O) groups is 2. The van der Waals surface area contributed by atoms with Gasteiger partial charge in [-0.1, -0.05) is 25.7 Å². The Morgan fingerprint density at radius 3 is 2.14 bits per heavy atom. The summed E-state index contributed by atoms with van der Waals surface area (Å²) in [6.07, 6.45) is 8.39. The maximum Gasteiger partial charge on any atom is 0.242 e. The fourth-order valence-corrected chi connectivity index (χ4v) is 3.66. The summed E-state index contributed by atoms with van der Waals surface area (Å²) < 4.78 is 0. The van der Waals surface area contributed by atoms with Crippen molar-refractivity contribution in [2.24, 2.45) is 11.1 Å². The Labute approximate surface area is 127 Å². The van der Waals surface area contributed by atoms with Crippen molar-refractivity contribution in [2.45, 2.75) is 51.4 Å². The summed E-state index contributed by atoms with van der Waals surface area (Å²) in [6, 6.07) is 0.